The number of benzene rings is 1. The first kappa shape index (κ1) is 13.7. The van der Waals surface area contributed by atoms with Gasteiger partial charge in [-0.25, -0.2) is 5.43 Å². The predicted octanol–water partition coefficient (Wildman–Crippen LogP) is 0.181. The predicted molar refractivity (Wildman–Crippen MR) is 66.5 cm³/mol. The topological polar surface area (TPSA) is 93.8 Å². The van der Waals surface area contributed by atoms with Gasteiger partial charge in [-0.05, 0) is 5.56 Å². The Morgan fingerprint density at radius 3 is 2.61 bits per heavy atom. The van der Waals surface area contributed by atoms with Gasteiger partial charge in [0.25, 0.3) is 0 Å². The van der Waals surface area contributed by atoms with E-state index < -0.39 is 5.97 Å². The standard InChI is InChI=1S/C12H15N3O3/c1-9(16)18-8-11(13)14-15-12(17)7-10-5-3-2-4-6-10/h2-6H,7-8H2,1H3,(H2,13,14)(H,15,17). The van der Waals surface area contributed by atoms with E-state index in [0.717, 1.165) is 5.56 Å². The van der Waals surface area contributed by atoms with Crippen molar-refractivity contribution in [2.75, 3.05) is 6.61 Å². The normalized spacial score (nSPS) is 10.8. The molecule has 0 aliphatic heterocycles. The van der Waals surface area contributed by atoms with E-state index in [1.165, 1.54) is 6.92 Å². The summed E-state index contributed by atoms with van der Waals surface area (Å²) in [6, 6.07) is 9.25. The molecular formula is C12H15N3O3. The van der Waals surface area contributed by atoms with Crippen LogP contribution in [0.1, 0.15) is 12.5 Å². The van der Waals surface area contributed by atoms with Gasteiger partial charge >= 0.3 is 5.97 Å². The van der Waals surface area contributed by atoms with E-state index in [1.807, 2.05) is 30.3 Å². The highest BCUT2D eigenvalue weighted by Crippen LogP contribution is 1.98. The number of rotatable bonds is 5. The van der Waals surface area contributed by atoms with Crippen LogP contribution in [-0.2, 0) is 20.7 Å². The minimum Gasteiger partial charge on any atom is -0.458 e. The number of ether oxygens (including phenoxy) is 1. The number of nitrogens with one attached hydrogen (secondary N) is 1. The monoisotopic (exact) mass is 249 g/mol. The highest BCUT2D eigenvalue weighted by atomic mass is 16.5. The highest BCUT2D eigenvalue weighted by Gasteiger charge is 2.02. The molecule has 1 amide bonds. The van der Waals surface area contributed by atoms with Gasteiger partial charge in [0.05, 0.1) is 6.42 Å². The molecule has 1 aromatic rings. The molecule has 0 spiro atoms. The molecule has 6 nitrogen and oxygen atoms in total. The molecule has 0 heterocycles. The van der Waals surface area contributed by atoms with E-state index in [9.17, 15) is 9.59 Å². The third-order valence-electron chi connectivity index (χ3n) is 1.96. The second-order valence-corrected chi connectivity index (χ2v) is 3.58. The van der Waals surface area contributed by atoms with Crippen LogP contribution in [0.4, 0.5) is 0 Å². The van der Waals surface area contributed by atoms with Crippen LogP contribution in [-0.4, -0.2) is 24.3 Å². The maximum Gasteiger partial charge on any atom is 0.303 e. The number of amides is 1. The number of amidine groups is 1. The van der Waals surface area contributed by atoms with Gasteiger partial charge in [-0.1, -0.05) is 30.3 Å². The number of hydrogen-bond donors (Lipinski definition) is 2. The van der Waals surface area contributed by atoms with Gasteiger partial charge < -0.3 is 10.5 Å². The average Bonchev–Trinajstić information content (AvgIpc) is 2.35. The molecule has 0 fully saturated rings. The third kappa shape index (κ3) is 5.64. The van der Waals surface area contributed by atoms with Crippen LogP contribution in [0.3, 0.4) is 0 Å². The summed E-state index contributed by atoms with van der Waals surface area (Å²) in [5.41, 5.74) is 8.59. The largest absolute Gasteiger partial charge is 0.458 e. The van der Waals surface area contributed by atoms with Crippen LogP contribution in [0.25, 0.3) is 0 Å². The molecular weight excluding hydrogens is 234 g/mol. The zero-order valence-electron chi connectivity index (χ0n) is 10.1. The van der Waals surface area contributed by atoms with Gasteiger partial charge in [-0.3, -0.25) is 9.59 Å². The number of carbonyl (C=O) groups is 2. The number of esters is 1. The molecule has 0 bridgehead atoms. The van der Waals surface area contributed by atoms with Crippen LogP contribution in [0.15, 0.2) is 35.4 Å². The minimum atomic E-state index is -0.455. The SMILES string of the molecule is CC(=O)OC/C(N)=N/NC(=O)Cc1ccccc1. The van der Waals surface area contributed by atoms with Crippen molar-refractivity contribution in [1.82, 2.24) is 5.43 Å². The van der Waals surface area contributed by atoms with Crippen LogP contribution in [0.5, 0.6) is 0 Å². The Morgan fingerprint density at radius 2 is 2.00 bits per heavy atom. The maximum atomic E-state index is 11.5. The summed E-state index contributed by atoms with van der Waals surface area (Å²) in [7, 11) is 0. The fraction of sp³-hybridized carbons (Fsp3) is 0.250. The quantitative estimate of drug-likeness (QED) is 0.337. The van der Waals surface area contributed by atoms with Crippen molar-refractivity contribution >= 4 is 17.7 Å². The summed E-state index contributed by atoms with van der Waals surface area (Å²) in [4.78, 5) is 22.0. The number of nitrogens with two attached hydrogens (primary N) is 1. The summed E-state index contributed by atoms with van der Waals surface area (Å²) in [5.74, 6) is -0.706. The summed E-state index contributed by atoms with van der Waals surface area (Å²) in [6.07, 6.45) is 0.213. The van der Waals surface area contributed by atoms with Crippen molar-refractivity contribution in [3.63, 3.8) is 0 Å². The minimum absolute atomic E-state index is 0.0339. The van der Waals surface area contributed by atoms with E-state index in [2.05, 4.69) is 15.3 Å². The molecule has 0 saturated carbocycles. The van der Waals surface area contributed by atoms with Gasteiger partial charge in [0, 0.05) is 6.92 Å². The smallest absolute Gasteiger partial charge is 0.303 e. The Balaban J connectivity index is 2.36. The van der Waals surface area contributed by atoms with Crippen molar-refractivity contribution in [1.29, 1.82) is 0 Å². The number of hydrogen-bond acceptors (Lipinski definition) is 4. The van der Waals surface area contributed by atoms with E-state index in [-0.39, 0.29) is 24.8 Å². The highest BCUT2D eigenvalue weighted by molar-refractivity contribution is 5.86. The van der Waals surface area contributed by atoms with Crippen molar-refractivity contribution in [2.45, 2.75) is 13.3 Å². The molecule has 0 unspecified atom stereocenters. The summed E-state index contributed by atoms with van der Waals surface area (Å²) in [5, 5.41) is 3.61. The van der Waals surface area contributed by atoms with E-state index in [1.54, 1.807) is 0 Å². The van der Waals surface area contributed by atoms with E-state index in [0.29, 0.717) is 0 Å². The molecule has 18 heavy (non-hydrogen) atoms. The first-order valence-corrected chi connectivity index (χ1v) is 5.36. The molecule has 1 aromatic carbocycles. The summed E-state index contributed by atoms with van der Waals surface area (Å²) < 4.78 is 4.61. The Bertz CT molecular complexity index is 443. The Morgan fingerprint density at radius 1 is 1.33 bits per heavy atom. The van der Waals surface area contributed by atoms with Crippen molar-refractivity contribution in [2.24, 2.45) is 10.8 Å². The summed E-state index contributed by atoms with van der Waals surface area (Å²) in [6.45, 7) is 1.13. The molecule has 1 rings (SSSR count). The van der Waals surface area contributed by atoms with Gasteiger partial charge in [0.2, 0.25) is 5.91 Å². The lowest BCUT2D eigenvalue weighted by molar-refractivity contribution is -0.139. The zero-order chi connectivity index (χ0) is 13.4. The van der Waals surface area contributed by atoms with Crippen LogP contribution in [0.2, 0.25) is 0 Å². The Labute approximate surface area is 105 Å². The molecule has 96 valence electrons. The lowest BCUT2D eigenvalue weighted by Gasteiger charge is -2.03. The second-order valence-electron chi connectivity index (χ2n) is 3.58. The number of carbonyl (C=O) groups excluding carboxylic acids is 2. The van der Waals surface area contributed by atoms with Gasteiger partial charge in [0.15, 0.2) is 12.4 Å². The molecule has 6 heteroatoms. The van der Waals surface area contributed by atoms with Crippen molar-refractivity contribution < 1.29 is 14.3 Å². The fourth-order valence-electron chi connectivity index (χ4n) is 1.16. The molecule has 0 aromatic heterocycles. The summed E-state index contributed by atoms with van der Waals surface area (Å²) >= 11 is 0. The number of nitrogens with zero attached hydrogens (tertiary/aromatic N) is 1. The van der Waals surface area contributed by atoms with Crippen LogP contribution >= 0.6 is 0 Å². The molecule has 0 aliphatic carbocycles. The fourth-order valence-corrected chi connectivity index (χ4v) is 1.16. The lowest BCUT2D eigenvalue weighted by Crippen LogP contribution is -2.27. The van der Waals surface area contributed by atoms with Gasteiger partial charge in [-0.2, -0.15) is 5.10 Å². The van der Waals surface area contributed by atoms with Crippen molar-refractivity contribution in [3.05, 3.63) is 35.9 Å². The maximum absolute atomic E-state index is 11.5. The van der Waals surface area contributed by atoms with E-state index >= 15 is 0 Å². The second kappa shape index (κ2) is 7.05. The molecule has 0 radical (unpaired) electrons. The Hall–Kier alpha value is -2.37. The van der Waals surface area contributed by atoms with Gasteiger partial charge in [0.1, 0.15) is 0 Å². The van der Waals surface area contributed by atoms with Crippen molar-refractivity contribution in [3.8, 4) is 0 Å². The molecule has 0 aliphatic rings. The molecule has 0 atom stereocenters. The van der Waals surface area contributed by atoms with Gasteiger partial charge in [-0.15, -0.1) is 0 Å². The first-order valence-electron chi connectivity index (χ1n) is 5.36. The average molecular weight is 249 g/mol. The Kier molecular flexibility index (Phi) is 5.37. The van der Waals surface area contributed by atoms with Crippen LogP contribution in [0, 0.1) is 0 Å². The molecule has 3 N–H and O–H groups in total. The lowest BCUT2D eigenvalue weighted by atomic mass is 10.1. The first-order chi connectivity index (χ1) is 8.58. The number of hydrazone groups is 1. The molecule has 0 saturated heterocycles. The zero-order valence-corrected chi connectivity index (χ0v) is 10.1. The van der Waals surface area contributed by atoms with Crippen LogP contribution < -0.4 is 11.2 Å². The van der Waals surface area contributed by atoms with E-state index in [4.69, 9.17) is 5.73 Å². The third-order valence-corrected chi connectivity index (χ3v) is 1.96.